The summed E-state index contributed by atoms with van der Waals surface area (Å²) in [5.74, 6) is 0.750. The van der Waals surface area contributed by atoms with Crippen LogP contribution in [0.1, 0.15) is 18.7 Å². The summed E-state index contributed by atoms with van der Waals surface area (Å²) in [6.45, 7) is 4.79. The van der Waals surface area contributed by atoms with E-state index in [0.717, 1.165) is 11.5 Å². The van der Waals surface area contributed by atoms with Crippen molar-refractivity contribution in [3.63, 3.8) is 0 Å². The maximum Gasteiger partial charge on any atom is 0.217 e. The SMILES string of the molecule is CC(=O)N[C@@H]1CN(c2ccc(C)nn2)C[C@@H]1n1ccnn1. The van der Waals surface area contributed by atoms with Crippen LogP contribution < -0.4 is 10.2 Å². The number of carbonyl (C=O) groups excluding carboxylic acids is 1. The van der Waals surface area contributed by atoms with Crippen molar-refractivity contribution in [3.8, 4) is 0 Å². The summed E-state index contributed by atoms with van der Waals surface area (Å²) in [6.07, 6.45) is 3.45. The maximum absolute atomic E-state index is 11.4. The van der Waals surface area contributed by atoms with Gasteiger partial charge in [0, 0.05) is 26.2 Å². The van der Waals surface area contributed by atoms with Crippen molar-refractivity contribution in [2.24, 2.45) is 0 Å². The summed E-state index contributed by atoms with van der Waals surface area (Å²) < 4.78 is 1.78. The minimum absolute atomic E-state index is 0.0273. The van der Waals surface area contributed by atoms with Crippen LogP contribution in [0.5, 0.6) is 0 Å². The predicted octanol–water partition coefficient (Wildman–Crippen LogP) is -0.0575. The highest BCUT2D eigenvalue weighted by molar-refractivity contribution is 5.73. The van der Waals surface area contributed by atoms with Gasteiger partial charge in [-0.2, -0.15) is 5.10 Å². The van der Waals surface area contributed by atoms with Crippen molar-refractivity contribution in [2.75, 3.05) is 18.0 Å². The zero-order valence-electron chi connectivity index (χ0n) is 12.0. The zero-order chi connectivity index (χ0) is 14.8. The summed E-state index contributed by atoms with van der Waals surface area (Å²) in [6, 6.07) is 3.86. The lowest BCUT2D eigenvalue weighted by molar-refractivity contribution is -0.119. The standard InChI is InChI=1S/C13H17N7O/c1-9-3-4-13(17-16-9)19-7-11(15-10(2)21)12(8-19)20-6-5-14-18-20/h3-6,11-12H,7-8H2,1-2H3,(H,15,21)/t11-,12+/m1/s1. The van der Waals surface area contributed by atoms with Gasteiger partial charge in [0.2, 0.25) is 5.91 Å². The van der Waals surface area contributed by atoms with Gasteiger partial charge in [-0.1, -0.05) is 5.21 Å². The summed E-state index contributed by atoms with van der Waals surface area (Å²) >= 11 is 0. The molecule has 3 rings (SSSR count). The third kappa shape index (κ3) is 2.83. The molecule has 8 nitrogen and oxygen atoms in total. The molecule has 8 heteroatoms. The van der Waals surface area contributed by atoms with Crippen molar-refractivity contribution < 1.29 is 4.79 Å². The van der Waals surface area contributed by atoms with Crippen molar-refractivity contribution in [2.45, 2.75) is 25.9 Å². The average Bonchev–Trinajstić information content (AvgIpc) is 3.08. The van der Waals surface area contributed by atoms with Crippen LogP contribution >= 0.6 is 0 Å². The van der Waals surface area contributed by atoms with Gasteiger partial charge in [-0.15, -0.1) is 10.2 Å². The van der Waals surface area contributed by atoms with Crippen molar-refractivity contribution in [1.82, 2.24) is 30.5 Å². The first-order valence-electron chi connectivity index (χ1n) is 6.81. The van der Waals surface area contributed by atoms with Crippen molar-refractivity contribution in [1.29, 1.82) is 0 Å². The highest BCUT2D eigenvalue weighted by Crippen LogP contribution is 2.25. The Morgan fingerprint density at radius 1 is 1.33 bits per heavy atom. The van der Waals surface area contributed by atoms with Gasteiger partial charge in [0.25, 0.3) is 0 Å². The largest absolute Gasteiger partial charge is 0.351 e. The third-order valence-corrected chi connectivity index (χ3v) is 3.57. The average molecular weight is 287 g/mol. The third-order valence-electron chi connectivity index (χ3n) is 3.57. The summed E-state index contributed by atoms with van der Waals surface area (Å²) in [5, 5.41) is 19.2. The molecule has 0 aliphatic carbocycles. The van der Waals surface area contributed by atoms with Gasteiger partial charge in [0.15, 0.2) is 5.82 Å². The Labute approximate surface area is 122 Å². The van der Waals surface area contributed by atoms with Gasteiger partial charge in [0.1, 0.15) is 0 Å². The van der Waals surface area contributed by atoms with Crippen LogP contribution in [0.25, 0.3) is 0 Å². The monoisotopic (exact) mass is 287 g/mol. The molecule has 1 aliphatic rings. The number of nitrogens with one attached hydrogen (secondary N) is 1. The zero-order valence-corrected chi connectivity index (χ0v) is 12.0. The number of aryl methyl sites for hydroxylation is 1. The molecule has 1 amide bonds. The molecule has 110 valence electrons. The van der Waals surface area contributed by atoms with Crippen LogP contribution in [-0.2, 0) is 4.79 Å². The molecule has 0 radical (unpaired) electrons. The van der Waals surface area contributed by atoms with Gasteiger partial charge < -0.3 is 10.2 Å². The second-order valence-corrected chi connectivity index (χ2v) is 5.20. The molecule has 2 atom stereocenters. The van der Waals surface area contributed by atoms with Crippen LogP contribution in [0.15, 0.2) is 24.5 Å². The van der Waals surface area contributed by atoms with E-state index in [4.69, 9.17) is 0 Å². The summed E-state index contributed by atoms with van der Waals surface area (Å²) in [7, 11) is 0. The molecule has 0 saturated carbocycles. The second-order valence-electron chi connectivity index (χ2n) is 5.20. The van der Waals surface area contributed by atoms with E-state index in [0.29, 0.717) is 13.1 Å². The lowest BCUT2D eigenvalue weighted by atomic mass is 10.2. The lowest BCUT2D eigenvalue weighted by Crippen LogP contribution is -2.40. The number of carbonyl (C=O) groups is 1. The van der Waals surface area contributed by atoms with Gasteiger partial charge >= 0.3 is 0 Å². The smallest absolute Gasteiger partial charge is 0.217 e. The fraction of sp³-hybridized carbons (Fsp3) is 0.462. The molecule has 1 fully saturated rings. The molecule has 1 saturated heterocycles. The van der Waals surface area contributed by atoms with Gasteiger partial charge in [-0.05, 0) is 19.1 Å². The Kier molecular flexibility index (Phi) is 3.51. The molecule has 0 spiro atoms. The highest BCUT2D eigenvalue weighted by Gasteiger charge is 2.35. The van der Waals surface area contributed by atoms with E-state index in [1.807, 2.05) is 25.3 Å². The molecular weight excluding hydrogens is 270 g/mol. The first-order valence-corrected chi connectivity index (χ1v) is 6.81. The number of rotatable bonds is 3. The highest BCUT2D eigenvalue weighted by atomic mass is 16.1. The van der Waals surface area contributed by atoms with Crippen LogP contribution in [0.4, 0.5) is 5.82 Å². The molecule has 0 aromatic carbocycles. The Balaban J connectivity index is 1.83. The van der Waals surface area contributed by atoms with Gasteiger partial charge in [0.05, 0.1) is 24.0 Å². The molecular formula is C13H17N7O. The number of nitrogens with zero attached hydrogens (tertiary/aromatic N) is 6. The molecule has 2 aromatic rings. The quantitative estimate of drug-likeness (QED) is 0.851. The maximum atomic E-state index is 11.4. The number of aromatic nitrogens is 5. The number of amides is 1. The molecule has 1 N–H and O–H groups in total. The minimum atomic E-state index is -0.0537. The Morgan fingerprint density at radius 3 is 2.81 bits per heavy atom. The molecule has 2 aromatic heterocycles. The minimum Gasteiger partial charge on any atom is -0.351 e. The van der Waals surface area contributed by atoms with E-state index in [2.05, 4.69) is 30.7 Å². The number of hydrogen-bond acceptors (Lipinski definition) is 6. The second kappa shape index (κ2) is 5.47. The molecule has 3 heterocycles. The number of anilines is 1. The Bertz CT molecular complexity index is 610. The first-order chi connectivity index (χ1) is 10.1. The predicted molar refractivity (Wildman–Crippen MR) is 75.6 cm³/mol. The van der Waals surface area contributed by atoms with Gasteiger partial charge in [-0.25, -0.2) is 4.68 Å². The Morgan fingerprint density at radius 2 is 2.19 bits per heavy atom. The number of hydrogen-bond donors (Lipinski definition) is 1. The molecule has 1 aliphatic heterocycles. The topological polar surface area (TPSA) is 88.8 Å². The van der Waals surface area contributed by atoms with Crippen LogP contribution in [0, 0.1) is 6.92 Å². The van der Waals surface area contributed by atoms with E-state index >= 15 is 0 Å². The van der Waals surface area contributed by atoms with E-state index in [1.54, 1.807) is 10.9 Å². The molecule has 0 bridgehead atoms. The fourth-order valence-electron chi connectivity index (χ4n) is 2.60. The van der Waals surface area contributed by atoms with Crippen LogP contribution in [0.3, 0.4) is 0 Å². The first kappa shape index (κ1) is 13.5. The van der Waals surface area contributed by atoms with Crippen molar-refractivity contribution in [3.05, 3.63) is 30.2 Å². The van der Waals surface area contributed by atoms with Crippen LogP contribution in [-0.4, -0.2) is 50.2 Å². The van der Waals surface area contributed by atoms with Crippen LogP contribution in [0.2, 0.25) is 0 Å². The summed E-state index contributed by atoms with van der Waals surface area (Å²) in [5.41, 5.74) is 0.879. The summed E-state index contributed by atoms with van der Waals surface area (Å²) in [4.78, 5) is 13.5. The van der Waals surface area contributed by atoms with Gasteiger partial charge in [-0.3, -0.25) is 4.79 Å². The van der Waals surface area contributed by atoms with Crippen molar-refractivity contribution >= 4 is 11.7 Å². The van der Waals surface area contributed by atoms with E-state index < -0.39 is 0 Å². The normalized spacial score (nSPS) is 21.5. The van der Waals surface area contributed by atoms with E-state index in [9.17, 15) is 4.79 Å². The van der Waals surface area contributed by atoms with E-state index in [1.165, 1.54) is 6.92 Å². The van der Waals surface area contributed by atoms with E-state index in [-0.39, 0.29) is 18.0 Å². The lowest BCUT2D eigenvalue weighted by Gasteiger charge is -2.18. The molecule has 0 unspecified atom stereocenters. The molecule has 21 heavy (non-hydrogen) atoms. The fourth-order valence-corrected chi connectivity index (χ4v) is 2.60. The Hall–Kier alpha value is -2.51.